The van der Waals surface area contributed by atoms with Gasteiger partial charge < -0.3 is 10.5 Å². The van der Waals surface area contributed by atoms with Gasteiger partial charge in [0.15, 0.2) is 11.6 Å². The predicted molar refractivity (Wildman–Crippen MR) is 73.8 cm³/mol. The van der Waals surface area contributed by atoms with Gasteiger partial charge in [-0.25, -0.2) is 4.39 Å². The Hall–Kier alpha value is -1.40. The number of hydrogen-bond acceptors (Lipinski definition) is 3. The van der Waals surface area contributed by atoms with Gasteiger partial charge in [0, 0.05) is 10.4 Å². The lowest BCUT2D eigenvalue weighted by Gasteiger charge is -2.07. The number of nitrogens with two attached hydrogens (primary N) is 1. The molecule has 2 aromatic rings. The molecule has 0 amide bonds. The van der Waals surface area contributed by atoms with E-state index in [1.807, 2.05) is 12.1 Å². The van der Waals surface area contributed by atoms with Crippen LogP contribution in [0.2, 0.25) is 0 Å². The average Bonchev–Trinajstić information content (AvgIpc) is 2.73. The molecule has 1 heterocycles. The van der Waals surface area contributed by atoms with Crippen molar-refractivity contribution in [1.29, 1.82) is 5.41 Å². The highest BCUT2D eigenvalue weighted by Crippen LogP contribution is 2.24. The molecule has 0 atom stereocenters. The summed E-state index contributed by atoms with van der Waals surface area (Å²) in [6.45, 7) is 0.312. The van der Waals surface area contributed by atoms with Crippen molar-refractivity contribution < 1.29 is 9.13 Å². The van der Waals surface area contributed by atoms with Gasteiger partial charge in [-0.05, 0) is 46.3 Å². The van der Waals surface area contributed by atoms with Crippen LogP contribution in [0.1, 0.15) is 10.4 Å². The summed E-state index contributed by atoms with van der Waals surface area (Å²) >= 11 is 4.89. The van der Waals surface area contributed by atoms with Crippen LogP contribution in [-0.4, -0.2) is 5.84 Å². The normalized spacial score (nSPS) is 10.3. The SMILES string of the molecule is N=C(N)c1ccc(OCc2ccc(Br)s2)c(F)c1. The molecule has 94 valence electrons. The molecule has 0 unspecified atom stereocenters. The van der Waals surface area contributed by atoms with Gasteiger partial charge in [0.25, 0.3) is 0 Å². The van der Waals surface area contributed by atoms with E-state index in [1.165, 1.54) is 23.5 Å². The van der Waals surface area contributed by atoms with Crippen molar-refractivity contribution in [3.63, 3.8) is 0 Å². The summed E-state index contributed by atoms with van der Waals surface area (Å²) in [5, 5.41) is 7.21. The van der Waals surface area contributed by atoms with E-state index in [0.717, 1.165) is 8.66 Å². The molecular formula is C12H10BrFN2OS. The van der Waals surface area contributed by atoms with Gasteiger partial charge >= 0.3 is 0 Å². The van der Waals surface area contributed by atoms with Crippen LogP contribution in [0.4, 0.5) is 4.39 Å². The van der Waals surface area contributed by atoms with Crippen molar-refractivity contribution >= 4 is 33.1 Å². The van der Waals surface area contributed by atoms with E-state index in [4.69, 9.17) is 15.9 Å². The number of halogens is 2. The Labute approximate surface area is 116 Å². The van der Waals surface area contributed by atoms with E-state index in [2.05, 4.69) is 15.9 Å². The minimum absolute atomic E-state index is 0.157. The monoisotopic (exact) mass is 328 g/mol. The first-order chi connectivity index (χ1) is 8.56. The van der Waals surface area contributed by atoms with Crippen molar-refractivity contribution in [2.24, 2.45) is 5.73 Å². The molecule has 3 nitrogen and oxygen atoms in total. The van der Waals surface area contributed by atoms with Crippen LogP contribution >= 0.6 is 27.3 Å². The largest absolute Gasteiger partial charge is 0.485 e. The number of hydrogen-bond donors (Lipinski definition) is 2. The molecule has 1 aromatic heterocycles. The van der Waals surface area contributed by atoms with Gasteiger partial charge in [-0.15, -0.1) is 11.3 Å². The van der Waals surface area contributed by atoms with Crippen molar-refractivity contribution in [2.75, 3.05) is 0 Å². The Kier molecular flexibility index (Phi) is 3.98. The summed E-state index contributed by atoms with van der Waals surface area (Å²) in [6.07, 6.45) is 0. The first kappa shape index (κ1) is 13.0. The second-order valence-corrected chi connectivity index (χ2v) is 6.10. The fraction of sp³-hybridized carbons (Fsp3) is 0.0833. The Morgan fingerprint density at radius 2 is 2.17 bits per heavy atom. The molecule has 1 aromatic carbocycles. The molecule has 2 rings (SSSR count). The maximum Gasteiger partial charge on any atom is 0.165 e. The summed E-state index contributed by atoms with van der Waals surface area (Å²) in [7, 11) is 0. The van der Waals surface area contributed by atoms with Gasteiger partial charge in [-0.2, -0.15) is 0 Å². The van der Waals surface area contributed by atoms with Crippen molar-refractivity contribution in [2.45, 2.75) is 6.61 Å². The minimum Gasteiger partial charge on any atom is -0.485 e. The van der Waals surface area contributed by atoms with Gasteiger partial charge in [0.05, 0.1) is 3.79 Å². The van der Waals surface area contributed by atoms with Crippen molar-refractivity contribution in [3.8, 4) is 5.75 Å². The Morgan fingerprint density at radius 3 is 2.72 bits per heavy atom. The number of nitrogen functional groups attached to an aromatic ring is 1. The molecule has 18 heavy (non-hydrogen) atoms. The molecule has 0 spiro atoms. The highest BCUT2D eigenvalue weighted by Gasteiger charge is 2.07. The maximum atomic E-state index is 13.6. The highest BCUT2D eigenvalue weighted by atomic mass is 79.9. The number of ether oxygens (including phenoxy) is 1. The number of amidine groups is 1. The smallest absolute Gasteiger partial charge is 0.165 e. The fourth-order valence-corrected chi connectivity index (χ4v) is 2.76. The molecule has 0 bridgehead atoms. The predicted octanol–water partition coefficient (Wildman–Crippen LogP) is 3.51. The van der Waals surface area contributed by atoms with Gasteiger partial charge in [0.1, 0.15) is 12.4 Å². The molecule has 0 aliphatic carbocycles. The number of benzene rings is 1. The number of nitrogens with one attached hydrogen (secondary N) is 1. The van der Waals surface area contributed by atoms with Crippen LogP contribution in [0.15, 0.2) is 34.1 Å². The van der Waals surface area contributed by atoms with Crippen LogP contribution in [0, 0.1) is 11.2 Å². The third-order valence-electron chi connectivity index (χ3n) is 2.24. The second kappa shape index (κ2) is 5.49. The van der Waals surface area contributed by atoms with Gasteiger partial charge in [-0.1, -0.05) is 0 Å². The highest BCUT2D eigenvalue weighted by molar-refractivity contribution is 9.11. The van der Waals surface area contributed by atoms with E-state index in [0.29, 0.717) is 12.2 Å². The summed E-state index contributed by atoms with van der Waals surface area (Å²) in [4.78, 5) is 0.997. The van der Waals surface area contributed by atoms with Crippen molar-refractivity contribution in [1.82, 2.24) is 0 Å². The first-order valence-corrected chi connectivity index (χ1v) is 6.68. The fourth-order valence-electron chi connectivity index (χ4n) is 1.36. The summed E-state index contributed by atoms with van der Waals surface area (Å²) in [6, 6.07) is 8.07. The topological polar surface area (TPSA) is 59.1 Å². The third-order valence-corrected chi connectivity index (χ3v) is 3.84. The van der Waals surface area contributed by atoms with Crippen LogP contribution in [0.5, 0.6) is 5.75 Å². The lowest BCUT2D eigenvalue weighted by molar-refractivity contribution is 0.293. The molecule has 0 fully saturated rings. The van der Waals surface area contributed by atoms with E-state index in [9.17, 15) is 4.39 Å². The molecule has 0 saturated carbocycles. The zero-order chi connectivity index (χ0) is 13.1. The first-order valence-electron chi connectivity index (χ1n) is 5.07. The van der Waals surface area contributed by atoms with E-state index >= 15 is 0 Å². The molecule has 0 aliphatic heterocycles. The summed E-state index contributed by atoms with van der Waals surface area (Å²) in [5.74, 6) is -0.523. The average molecular weight is 329 g/mol. The van der Waals surface area contributed by atoms with Crippen LogP contribution in [0.3, 0.4) is 0 Å². The zero-order valence-corrected chi connectivity index (χ0v) is 11.6. The Morgan fingerprint density at radius 1 is 1.39 bits per heavy atom. The molecule has 6 heteroatoms. The van der Waals surface area contributed by atoms with Crippen LogP contribution in [0.25, 0.3) is 0 Å². The summed E-state index contributed by atoms with van der Waals surface area (Å²) in [5.41, 5.74) is 5.62. The lowest BCUT2D eigenvalue weighted by atomic mass is 10.2. The maximum absolute atomic E-state index is 13.6. The zero-order valence-electron chi connectivity index (χ0n) is 9.24. The standard InChI is InChI=1S/C12H10BrFN2OS/c13-11-4-2-8(18-11)6-17-10-3-1-7(12(15)16)5-9(10)14/h1-5H,6H2,(H3,15,16). The molecule has 0 radical (unpaired) electrons. The number of rotatable bonds is 4. The Bertz CT molecular complexity index is 585. The molecule has 3 N–H and O–H groups in total. The van der Waals surface area contributed by atoms with Crippen LogP contribution < -0.4 is 10.5 Å². The minimum atomic E-state index is -0.515. The number of thiophene rings is 1. The Balaban J connectivity index is 2.08. The quantitative estimate of drug-likeness (QED) is 0.666. The lowest BCUT2D eigenvalue weighted by Crippen LogP contribution is -2.11. The van der Waals surface area contributed by atoms with Crippen LogP contribution in [-0.2, 0) is 6.61 Å². The third kappa shape index (κ3) is 3.08. The van der Waals surface area contributed by atoms with Gasteiger partial charge in [0.2, 0.25) is 0 Å². The second-order valence-electron chi connectivity index (χ2n) is 3.55. The summed E-state index contributed by atoms with van der Waals surface area (Å²) < 4.78 is 20.0. The molecule has 0 saturated heterocycles. The molecule has 0 aliphatic rings. The van der Waals surface area contributed by atoms with Gasteiger partial charge in [-0.3, -0.25) is 5.41 Å². The molecular weight excluding hydrogens is 319 g/mol. The van der Waals surface area contributed by atoms with Crippen molar-refractivity contribution in [3.05, 3.63) is 50.4 Å². The van der Waals surface area contributed by atoms with E-state index < -0.39 is 5.82 Å². The van der Waals surface area contributed by atoms with E-state index in [-0.39, 0.29) is 11.6 Å². The van der Waals surface area contributed by atoms with E-state index in [1.54, 1.807) is 6.07 Å².